The Labute approximate surface area is 171 Å². The third-order valence-corrected chi connectivity index (χ3v) is 6.06. The van der Waals surface area contributed by atoms with E-state index in [9.17, 15) is 27.3 Å². The zero-order chi connectivity index (χ0) is 21.9. The van der Waals surface area contributed by atoms with Gasteiger partial charge in [0.25, 0.3) is 10.0 Å². The van der Waals surface area contributed by atoms with E-state index in [1.54, 1.807) is 37.3 Å². The largest absolute Gasteiger partial charge is 0.447 e. The summed E-state index contributed by atoms with van der Waals surface area (Å²) >= 11 is 0. The molecule has 0 N–H and O–H groups in total. The van der Waals surface area contributed by atoms with E-state index in [0.717, 1.165) is 34.6 Å². The second-order valence-electron chi connectivity index (χ2n) is 6.07. The van der Waals surface area contributed by atoms with E-state index in [-0.39, 0.29) is 17.2 Å². The smallest absolute Gasteiger partial charge is 0.312 e. The molecular formula is C20H16F2N2O5S. The van der Waals surface area contributed by atoms with Gasteiger partial charge in [0.2, 0.25) is 5.75 Å². The Hall–Kier alpha value is -3.53. The molecule has 7 nitrogen and oxygen atoms in total. The van der Waals surface area contributed by atoms with Gasteiger partial charge >= 0.3 is 5.69 Å². The van der Waals surface area contributed by atoms with E-state index in [0.29, 0.717) is 11.8 Å². The predicted molar refractivity (Wildman–Crippen MR) is 106 cm³/mol. The molecule has 0 radical (unpaired) electrons. The first-order valence-corrected chi connectivity index (χ1v) is 10.2. The van der Waals surface area contributed by atoms with Crippen LogP contribution >= 0.6 is 0 Å². The van der Waals surface area contributed by atoms with Gasteiger partial charge in [-0.25, -0.2) is 17.2 Å². The van der Waals surface area contributed by atoms with Crippen LogP contribution in [-0.2, 0) is 10.0 Å². The van der Waals surface area contributed by atoms with Crippen LogP contribution in [-0.4, -0.2) is 19.9 Å². The molecule has 0 saturated carbocycles. The first kappa shape index (κ1) is 21.2. The van der Waals surface area contributed by atoms with Gasteiger partial charge in [0.15, 0.2) is 11.6 Å². The van der Waals surface area contributed by atoms with Crippen molar-refractivity contribution in [2.45, 2.75) is 11.8 Å². The highest BCUT2D eigenvalue weighted by atomic mass is 32.2. The van der Waals surface area contributed by atoms with E-state index >= 15 is 0 Å². The fraction of sp³-hybridized carbons (Fsp3) is 0.100. The van der Waals surface area contributed by atoms with Gasteiger partial charge in [0.1, 0.15) is 5.82 Å². The van der Waals surface area contributed by atoms with Crippen LogP contribution in [0.2, 0.25) is 0 Å². The van der Waals surface area contributed by atoms with Crippen LogP contribution in [0.15, 0.2) is 71.6 Å². The second-order valence-corrected chi connectivity index (χ2v) is 7.93. The molecule has 3 rings (SSSR count). The van der Waals surface area contributed by atoms with Crippen LogP contribution in [0.1, 0.15) is 6.92 Å². The lowest BCUT2D eigenvalue weighted by Gasteiger charge is -2.23. The van der Waals surface area contributed by atoms with Gasteiger partial charge in [0.05, 0.1) is 15.5 Å². The van der Waals surface area contributed by atoms with Gasteiger partial charge in [-0.15, -0.1) is 0 Å². The Bertz CT molecular complexity index is 1190. The molecule has 0 saturated heterocycles. The third kappa shape index (κ3) is 4.23. The Morgan fingerprint density at radius 3 is 2.27 bits per heavy atom. The molecule has 30 heavy (non-hydrogen) atoms. The van der Waals surface area contributed by atoms with Gasteiger partial charge in [0, 0.05) is 18.7 Å². The quantitative estimate of drug-likeness (QED) is 0.391. The molecule has 3 aromatic carbocycles. The monoisotopic (exact) mass is 434 g/mol. The highest BCUT2D eigenvalue weighted by molar-refractivity contribution is 7.92. The maximum absolute atomic E-state index is 13.8. The molecule has 0 aliphatic heterocycles. The average Bonchev–Trinajstić information content (AvgIpc) is 2.71. The zero-order valence-corrected chi connectivity index (χ0v) is 16.5. The third-order valence-electron chi connectivity index (χ3n) is 4.16. The number of sulfonamides is 1. The van der Waals surface area contributed by atoms with Crippen LogP contribution < -0.4 is 9.04 Å². The first-order valence-electron chi connectivity index (χ1n) is 8.73. The minimum atomic E-state index is -4.11. The molecule has 3 aromatic rings. The molecular weight excluding hydrogens is 418 g/mol. The number of hydrogen-bond donors (Lipinski definition) is 0. The van der Waals surface area contributed by atoms with Crippen molar-refractivity contribution in [1.82, 2.24) is 0 Å². The van der Waals surface area contributed by atoms with E-state index in [4.69, 9.17) is 4.74 Å². The number of halogens is 2. The molecule has 10 heteroatoms. The maximum Gasteiger partial charge on any atom is 0.312 e. The second kappa shape index (κ2) is 8.46. The van der Waals surface area contributed by atoms with E-state index < -0.39 is 38.0 Å². The van der Waals surface area contributed by atoms with Gasteiger partial charge in [-0.05, 0) is 43.3 Å². The highest BCUT2D eigenvalue weighted by Gasteiger charge is 2.28. The molecule has 0 aromatic heterocycles. The number of para-hydroxylation sites is 1. The van der Waals surface area contributed by atoms with Gasteiger partial charge < -0.3 is 4.74 Å². The number of ether oxygens (including phenoxy) is 1. The summed E-state index contributed by atoms with van der Waals surface area (Å²) in [5.41, 5.74) is -0.278. The lowest BCUT2D eigenvalue weighted by Crippen LogP contribution is -2.30. The van der Waals surface area contributed by atoms with E-state index in [1.807, 2.05) is 0 Å². The summed E-state index contributed by atoms with van der Waals surface area (Å²) < 4.78 is 59.3. The minimum Gasteiger partial charge on any atom is -0.447 e. The van der Waals surface area contributed by atoms with E-state index in [1.165, 1.54) is 0 Å². The van der Waals surface area contributed by atoms with Crippen LogP contribution in [0.5, 0.6) is 11.5 Å². The number of benzene rings is 3. The van der Waals surface area contributed by atoms with Gasteiger partial charge in [-0.3, -0.25) is 14.4 Å². The molecule has 0 bridgehead atoms. The van der Waals surface area contributed by atoms with Crippen LogP contribution in [0.3, 0.4) is 0 Å². The number of rotatable bonds is 7. The van der Waals surface area contributed by atoms with Crippen molar-refractivity contribution in [3.63, 3.8) is 0 Å². The number of nitrogens with zero attached hydrogens (tertiary/aromatic N) is 2. The van der Waals surface area contributed by atoms with Crippen molar-refractivity contribution >= 4 is 21.4 Å². The average molecular weight is 434 g/mol. The Kier molecular flexibility index (Phi) is 5.97. The number of nitro groups is 1. The van der Waals surface area contributed by atoms with Crippen LogP contribution in [0, 0.1) is 21.7 Å². The molecule has 0 spiro atoms. The predicted octanol–water partition coefficient (Wildman–Crippen LogP) is 4.88. The van der Waals surface area contributed by atoms with Crippen molar-refractivity contribution in [1.29, 1.82) is 0 Å². The molecule has 0 atom stereocenters. The van der Waals surface area contributed by atoms with Crippen molar-refractivity contribution in [2.75, 3.05) is 10.8 Å². The fourth-order valence-electron chi connectivity index (χ4n) is 2.78. The van der Waals surface area contributed by atoms with Crippen LogP contribution in [0.25, 0.3) is 0 Å². The lowest BCUT2D eigenvalue weighted by molar-refractivity contribution is -0.385. The number of hydrogen-bond acceptors (Lipinski definition) is 5. The Morgan fingerprint density at radius 2 is 1.67 bits per heavy atom. The van der Waals surface area contributed by atoms with Gasteiger partial charge in [-0.2, -0.15) is 0 Å². The summed E-state index contributed by atoms with van der Waals surface area (Å²) in [6.07, 6.45) is 0. The summed E-state index contributed by atoms with van der Waals surface area (Å²) in [5, 5.41) is 11.5. The molecule has 0 heterocycles. The topological polar surface area (TPSA) is 89.8 Å². The summed E-state index contributed by atoms with van der Waals surface area (Å²) in [6.45, 7) is 1.73. The van der Waals surface area contributed by atoms with Gasteiger partial charge in [-0.1, -0.05) is 18.2 Å². The standard InChI is InChI=1S/C20H16F2N2O5S/c1-2-23(15-6-4-3-5-7-15)30(27,28)16-9-11-20(18(13-16)24(25)26)29-19-10-8-14(21)12-17(19)22/h3-13H,2H2,1H3. The van der Waals surface area contributed by atoms with E-state index in [2.05, 4.69) is 0 Å². The van der Waals surface area contributed by atoms with Crippen molar-refractivity contribution in [3.8, 4) is 11.5 Å². The van der Waals surface area contributed by atoms with Crippen molar-refractivity contribution in [2.24, 2.45) is 0 Å². The number of anilines is 1. The maximum atomic E-state index is 13.8. The van der Waals surface area contributed by atoms with Crippen molar-refractivity contribution < 1.29 is 26.9 Å². The molecule has 0 amide bonds. The SMILES string of the molecule is CCN(c1ccccc1)S(=O)(=O)c1ccc(Oc2ccc(F)cc2F)c([N+](=O)[O-])c1. The molecule has 0 fully saturated rings. The molecule has 0 aliphatic rings. The van der Waals surface area contributed by atoms with Crippen LogP contribution in [0.4, 0.5) is 20.2 Å². The fourth-order valence-corrected chi connectivity index (χ4v) is 4.27. The Morgan fingerprint density at radius 1 is 1.00 bits per heavy atom. The summed E-state index contributed by atoms with van der Waals surface area (Å²) in [4.78, 5) is 10.3. The normalized spacial score (nSPS) is 11.2. The zero-order valence-electron chi connectivity index (χ0n) is 15.7. The summed E-state index contributed by atoms with van der Waals surface area (Å²) in [7, 11) is -4.11. The Balaban J connectivity index is 2.03. The summed E-state index contributed by atoms with van der Waals surface area (Å²) in [5.74, 6) is -2.71. The lowest BCUT2D eigenvalue weighted by atomic mass is 10.3. The number of nitro benzene ring substituents is 1. The molecule has 0 unspecified atom stereocenters. The summed E-state index contributed by atoms with van der Waals surface area (Å²) in [6, 6.07) is 13.8. The van der Waals surface area contributed by atoms with Crippen molar-refractivity contribution in [3.05, 3.63) is 88.5 Å². The first-order chi connectivity index (χ1) is 14.2. The molecule has 0 aliphatic carbocycles. The highest BCUT2D eigenvalue weighted by Crippen LogP contribution is 2.35. The molecule has 156 valence electrons. The minimum absolute atomic E-state index is 0.0964.